The molecular formula is C26H33FN2O4. The van der Waals surface area contributed by atoms with E-state index in [9.17, 15) is 19.1 Å². The molecule has 0 bridgehead atoms. The summed E-state index contributed by atoms with van der Waals surface area (Å²) in [4.78, 5) is 30.2. The van der Waals surface area contributed by atoms with Gasteiger partial charge in [0.2, 0.25) is 5.91 Å². The smallest absolute Gasteiger partial charge is 0.219 e. The molecule has 6 nitrogen and oxygen atoms in total. The maximum Gasteiger partial charge on any atom is 0.219 e. The molecule has 0 unspecified atom stereocenters. The molecule has 1 aliphatic rings. The molecule has 7 heteroatoms. The van der Waals surface area contributed by atoms with Gasteiger partial charge < -0.3 is 14.7 Å². The highest BCUT2D eigenvalue weighted by Gasteiger charge is 2.45. The van der Waals surface area contributed by atoms with Crippen LogP contribution in [0.4, 0.5) is 4.39 Å². The molecule has 1 heterocycles. The van der Waals surface area contributed by atoms with Crippen LogP contribution in [0.1, 0.15) is 34.3 Å². The Balaban J connectivity index is 2.14. The van der Waals surface area contributed by atoms with Gasteiger partial charge in [0.15, 0.2) is 5.78 Å². The fourth-order valence-corrected chi connectivity index (χ4v) is 4.94. The number of halogens is 1. The first-order valence-corrected chi connectivity index (χ1v) is 11.3. The second-order valence-corrected chi connectivity index (χ2v) is 8.57. The van der Waals surface area contributed by atoms with Gasteiger partial charge in [0, 0.05) is 57.6 Å². The Morgan fingerprint density at radius 2 is 1.88 bits per heavy atom. The molecule has 3 rings (SSSR count). The maximum atomic E-state index is 14.6. The minimum Gasteiger partial charge on any atom is -0.395 e. The summed E-state index contributed by atoms with van der Waals surface area (Å²) >= 11 is 0. The predicted molar refractivity (Wildman–Crippen MR) is 125 cm³/mol. The first-order valence-electron chi connectivity index (χ1n) is 11.3. The molecule has 3 atom stereocenters. The van der Waals surface area contributed by atoms with Gasteiger partial charge in [-0.05, 0) is 24.1 Å². The molecule has 33 heavy (non-hydrogen) atoms. The van der Waals surface area contributed by atoms with Crippen LogP contribution in [0.15, 0.2) is 48.5 Å². The number of carbonyl (C=O) groups is 2. The summed E-state index contributed by atoms with van der Waals surface area (Å²) in [6.07, 6.45) is 0. The zero-order chi connectivity index (χ0) is 24.0. The Morgan fingerprint density at radius 3 is 2.52 bits per heavy atom. The third-order valence-corrected chi connectivity index (χ3v) is 6.57. The molecule has 0 spiro atoms. The van der Waals surface area contributed by atoms with Crippen LogP contribution in [0, 0.1) is 18.7 Å². The zero-order valence-corrected chi connectivity index (χ0v) is 19.5. The first-order chi connectivity index (χ1) is 15.9. The number of aliphatic hydroxyl groups is 1. The summed E-state index contributed by atoms with van der Waals surface area (Å²) < 4.78 is 19.9. The fourth-order valence-electron chi connectivity index (χ4n) is 4.94. The highest BCUT2D eigenvalue weighted by Crippen LogP contribution is 2.39. The van der Waals surface area contributed by atoms with Gasteiger partial charge in [-0.2, -0.15) is 0 Å². The fraction of sp³-hybridized carbons (Fsp3) is 0.462. The third-order valence-electron chi connectivity index (χ3n) is 6.57. The monoisotopic (exact) mass is 456 g/mol. The molecule has 1 amide bonds. The van der Waals surface area contributed by atoms with Crippen molar-refractivity contribution in [2.24, 2.45) is 5.92 Å². The number of ether oxygens (including phenoxy) is 1. The second kappa shape index (κ2) is 11.5. The Kier molecular flexibility index (Phi) is 8.72. The number of hydrogen-bond donors (Lipinski definition) is 1. The first kappa shape index (κ1) is 25.0. The van der Waals surface area contributed by atoms with E-state index in [0.717, 1.165) is 5.56 Å². The van der Waals surface area contributed by atoms with E-state index in [0.29, 0.717) is 37.4 Å². The summed E-state index contributed by atoms with van der Waals surface area (Å²) in [5, 5.41) is 9.68. The van der Waals surface area contributed by atoms with Crippen LogP contribution in [0.2, 0.25) is 0 Å². The molecule has 0 aromatic heterocycles. The molecule has 0 saturated carbocycles. The molecular weight excluding hydrogens is 423 g/mol. The van der Waals surface area contributed by atoms with E-state index in [4.69, 9.17) is 4.74 Å². The lowest BCUT2D eigenvalue weighted by atomic mass is 9.72. The largest absolute Gasteiger partial charge is 0.395 e. The van der Waals surface area contributed by atoms with Crippen molar-refractivity contribution in [3.05, 3.63) is 71.0 Å². The second-order valence-electron chi connectivity index (χ2n) is 8.57. The van der Waals surface area contributed by atoms with Crippen LogP contribution in [0.25, 0.3) is 0 Å². The van der Waals surface area contributed by atoms with Gasteiger partial charge in [-0.1, -0.05) is 42.5 Å². The van der Waals surface area contributed by atoms with Gasteiger partial charge in [-0.15, -0.1) is 0 Å². The van der Waals surface area contributed by atoms with E-state index >= 15 is 0 Å². The number of carbonyl (C=O) groups excluding carboxylic acids is 2. The van der Waals surface area contributed by atoms with Gasteiger partial charge in [-0.3, -0.25) is 14.5 Å². The standard InChI is InChI=1S/C26H33FN2O4/c1-18-21(10-7-11-23(18)27)25-22(26(32)20-8-5-4-6-9-20)16-28(13-15-33-3)17-24(25)29(12-14-30)19(2)31/h4-11,22,24-25,30H,12-17H2,1-3H3/t22-,24+,25+/m0/s1. The lowest BCUT2D eigenvalue weighted by molar-refractivity contribution is -0.134. The van der Waals surface area contributed by atoms with Crippen LogP contribution < -0.4 is 0 Å². The van der Waals surface area contributed by atoms with Crippen molar-refractivity contribution in [1.29, 1.82) is 0 Å². The van der Waals surface area contributed by atoms with Crippen molar-refractivity contribution in [3.63, 3.8) is 0 Å². The molecule has 0 radical (unpaired) electrons. The van der Waals surface area contributed by atoms with Crippen molar-refractivity contribution in [3.8, 4) is 0 Å². The zero-order valence-electron chi connectivity index (χ0n) is 19.5. The number of amides is 1. The molecule has 2 aromatic carbocycles. The van der Waals surface area contributed by atoms with Crippen molar-refractivity contribution < 1.29 is 23.8 Å². The van der Waals surface area contributed by atoms with Crippen LogP contribution in [-0.2, 0) is 9.53 Å². The van der Waals surface area contributed by atoms with Gasteiger partial charge in [0.05, 0.1) is 19.3 Å². The van der Waals surface area contributed by atoms with E-state index in [-0.39, 0.29) is 30.7 Å². The molecule has 2 aromatic rings. The summed E-state index contributed by atoms with van der Waals surface area (Å²) in [6, 6.07) is 13.6. The topological polar surface area (TPSA) is 70.1 Å². The van der Waals surface area contributed by atoms with E-state index in [2.05, 4.69) is 4.90 Å². The van der Waals surface area contributed by atoms with Crippen molar-refractivity contribution in [2.75, 3.05) is 46.5 Å². The number of Topliss-reactive ketones (excluding diaryl/α,β-unsaturated/α-hetero) is 1. The summed E-state index contributed by atoms with van der Waals surface area (Å²) in [7, 11) is 1.63. The number of methoxy groups -OCH3 is 1. The molecule has 1 fully saturated rings. The third kappa shape index (κ3) is 5.66. The average molecular weight is 457 g/mol. The molecule has 178 valence electrons. The number of hydrogen-bond acceptors (Lipinski definition) is 5. The summed E-state index contributed by atoms with van der Waals surface area (Å²) in [6.45, 7) is 5.20. The van der Waals surface area contributed by atoms with E-state index in [1.54, 1.807) is 37.1 Å². The number of rotatable bonds is 9. The SMILES string of the molecule is COCCN1C[C@H](C(=O)c2ccccc2)[C@@H](c2cccc(F)c2C)[C@H](N(CCO)C(C)=O)C1. The molecule has 1 aliphatic heterocycles. The lowest BCUT2D eigenvalue weighted by Crippen LogP contribution is -2.59. The Morgan fingerprint density at radius 1 is 1.15 bits per heavy atom. The van der Waals surface area contributed by atoms with Crippen LogP contribution in [0.3, 0.4) is 0 Å². The van der Waals surface area contributed by atoms with Gasteiger partial charge in [0.25, 0.3) is 0 Å². The minimum atomic E-state index is -0.496. The predicted octanol–water partition coefficient (Wildman–Crippen LogP) is 2.89. The molecule has 1 saturated heterocycles. The molecule has 0 aliphatic carbocycles. The Bertz CT molecular complexity index is 953. The lowest BCUT2D eigenvalue weighted by Gasteiger charge is -2.48. The van der Waals surface area contributed by atoms with E-state index < -0.39 is 17.9 Å². The van der Waals surface area contributed by atoms with Crippen molar-refractivity contribution in [2.45, 2.75) is 25.8 Å². The van der Waals surface area contributed by atoms with Gasteiger partial charge in [-0.25, -0.2) is 4.39 Å². The minimum absolute atomic E-state index is 0.0381. The number of piperidine rings is 1. The van der Waals surface area contributed by atoms with Crippen LogP contribution in [0.5, 0.6) is 0 Å². The maximum absolute atomic E-state index is 14.6. The number of aliphatic hydroxyl groups excluding tert-OH is 1. The Labute approximate surface area is 195 Å². The van der Waals surface area contributed by atoms with Gasteiger partial charge >= 0.3 is 0 Å². The van der Waals surface area contributed by atoms with Crippen LogP contribution in [-0.4, -0.2) is 79.1 Å². The van der Waals surface area contributed by atoms with E-state index in [1.165, 1.54) is 13.0 Å². The van der Waals surface area contributed by atoms with Crippen LogP contribution >= 0.6 is 0 Å². The van der Waals surface area contributed by atoms with Crippen molar-refractivity contribution >= 4 is 11.7 Å². The number of ketones is 1. The highest BCUT2D eigenvalue weighted by atomic mass is 19.1. The number of benzene rings is 2. The number of nitrogens with zero attached hydrogens (tertiary/aromatic N) is 2. The molecule has 1 N–H and O–H groups in total. The van der Waals surface area contributed by atoms with Crippen molar-refractivity contribution in [1.82, 2.24) is 9.80 Å². The average Bonchev–Trinajstić information content (AvgIpc) is 2.82. The normalized spacial score (nSPS) is 21.1. The van der Waals surface area contributed by atoms with E-state index in [1.807, 2.05) is 24.3 Å². The highest BCUT2D eigenvalue weighted by molar-refractivity contribution is 5.98. The Hall–Kier alpha value is -2.61. The van der Waals surface area contributed by atoms with Gasteiger partial charge in [0.1, 0.15) is 5.82 Å². The summed E-state index contributed by atoms with van der Waals surface area (Å²) in [5.41, 5.74) is 1.80. The quantitative estimate of drug-likeness (QED) is 0.588. The number of likely N-dealkylation sites (tertiary alicyclic amines) is 1. The summed E-state index contributed by atoms with van der Waals surface area (Å²) in [5.74, 6) is -1.47.